The Morgan fingerprint density at radius 1 is 1.44 bits per heavy atom. The SMILES string of the molecule is Cc1nc2ccccn2c1C(=O)NCCN(C)C. The molecule has 0 fully saturated rings. The van der Waals surface area contributed by atoms with Gasteiger partial charge >= 0.3 is 0 Å². The van der Waals surface area contributed by atoms with Crippen molar-refractivity contribution in [3.63, 3.8) is 0 Å². The molecule has 2 heterocycles. The Hall–Kier alpha value is -1.88. The molecule has 2 aromatic rings. The maximum atomic E-state index is 12.1. The number of hydrogen-bond acceptors (Lipinski definition) is 3. The van der Waals surface area contributed by atoms with Gasteiger partial charge in [-0.05, 0) is 33.2 Å². The number of amides is 1. The summed E-state index contributed by atoms with van der Waals surface area (Å²) >= 11 is 0. The summed E-state index contributed by atoms with van der Waals surface area (Å²) in [5, 5.41) is 2.91. The molecule has 1 N–H and O–H groups in total. The molecule has 0 unspecified atom stereocenters. The van der Waals surface area contributed by atoms with E-state index in [0.29, 0.717) is 12.2 Å². The van der Waals surface area contributed by atoms with Gasteiger partial charge in [-0.15, -0.1) is 0 Å². The Morgan fingerprint density at radius 2 is 2.22 bits per heavy atom. The second-order valence-corrected chi connectivity index (χ2v) is 4.53. The molecular formula is C13H18N4O. The highest BCUT2D eigenvalue weighted by molar-refractivity contribution is 5.94. The fourth-order valence-electron chi connectivity index (χ4n) is 1.86. The quantitative estimate of drug-likeness (QED) is 0.873. The zero-order valence-electron chi connectivity index (χ0n) is 11.0. The lowest BCUT2D eigenvalue weighted by atomic mass is 10.3. The minimum atomic E-state index is -0.0759. The third-order valence-electron chi connectivity index (χ3n) is 2.76. The van der Waals surface area contributed by atoms with Gasteiger partial charge < -0.3 is 10.2 Å². The first-order chi connectivity index (χ1) is 8.59. The van der Waals surface area contributed by atoms with Crippen LogP contribution in [0.25, 0.3) is 5.65 Å². The summed E-state index contributed by atoms with van der Waals surface area (Å²) in [5.41, 5.74) is 2.17. The van der Waals surface area contributed by atoms with Gasteiger partial charge in [-0.2, -0.15) is 0 Å². The maximum absolute atomic E-state index is 12.1. The van der Waals surface area contributed by atoms with E-state index in [0.717, 1.165) is 17.9 Å². The number of aromatic nitrogens is 2. The van der Waals surface area contributed by atoms with Crippen LogP contribution in [-0.2, 0) is 0 Å². The van der Waals surface area contributed by atoms with E-state index in [1.54, 1.807) is 0 Å². The van der Waals surface area contributed by atoms with Crippen molar-refractivity contribution >= 4 is 11.6 Å². The maximum Gasteiger partial charge on any atom is 0.270 e. The van der Waals surface area contributed by atoms with Crippen LogP contribution in [0.5, 0.6) is 0 Å². The Morgan fingerprint density at radius 3 is 2.94 bits per heavy atom. The number of carbonyl (C=O) groups excluding carboxylic acids is 1. The summed E-state index contributed by atoms with van der Waals surface area (Å²) in [6.07, 6.45) is 1.86. The van der Waals surface area contributed by atoms with Crippen LogP contribution in [0, 0.1) is 6.92 Å². The van der Waals surface area contributed by atoms with Crippen LogP contribution >= 0.6 is 0 Å². The van der Waals surface area contributed by atoms with E-state index in [9.17, 15) is 4.79 Å². The molecule has 0 aliphatic heterocycles. The highest BCUT2D eigenvalue weighted by Gasteiger charge is 2.15. The largest absolute Gasteiger partial charge is 0.349 e. The monoisotopic (exact) mass is 246 g/mol. The van der Waals surface area contributed by atoms with Gasteiger partial charge in [0, 0.05) is 19.3 Å². The molecule has 96 valence electrons. The number of carbonyl (C=O) groups is 1. The first-order valence-electron chi connectivity index (χ1n) is 5.96. The number of hydrogen-bond donors (Lipinski definition) is 1. The fourth-order valence-corrected chi connectivity index (χ4v) is 1.86. The third kappa shape index (κ3) is 2.51. The lowest BCUT2D eigenvalue weighted by molar-refractivity contribution is 0.0944. The van der Waals surface area contributed by atoms with Crippen LogP contribution in [0.4, 0.5) is 0 Å². The lowest BCUT2D eigenvalue weighted by Gasteiger charge is -2.10. The van der Waals surface area contributed by atoms with E-state index in [1.165, 1.54) is 0 Å². The Labute approximate surface area is 106 Å². The molecule has 0 aliphatic carbocycles. The second kappa shape index (κ2) is 5.18. The molecular weight excluding hydrogens is 228 g/mol. The molecule has 5 heteroatoms. The molecule has 0 atom stereocenters. The van der Waals surface area contributed by atoms with Crippen LogP contribution < -0.4 is 5.32 Å². The Kier molecular flexibility index (Phi) is 3.62. The number of likely N-dealkylation sites (N-methyl/N-ethyl adjacent to an activating group) is 1. The molecule has 0 spiro atoms. The van der Waals surface area contributed by atoms with Crippen molar-refractivity contribution in [1.29, 1.82) is 0 Å². The van der Waals surface area contributed by atoms with Crippen molar-refractivity contribution in [2.24, 2.45) is 0 Å². The highest BCUT2D eigenvalue weighted by atomic mass is 16.1. The number of pyridine rings is 1. The number of nitrogens with zero attached hydrogens (tertiary/aromatic N) is 3. The first kappa shape index (κ1) is 12.6. The average Bonchev–Trinajstić information content (AvgIpc) is 2.64. The predicted octanol–water partition coefficient (Wildman–Crippen LogP) is 0.934. The number of fused-ring (bicyclic) bond motifs is 1. The predicted molar refractivity (Wildman–Crippen MR) is 70.8 cm³/mol. The molecule has 1 amide bonds. The van der Waals surface area contributed by atoms with Crippen molar-refractivity contribution in [3.8, 4) is 0 Å². The van der Waals surface area contributed by atoms with Crippen LogP contribution in [0.1, 0.15) is 16.2 Å². The van der Waals surface area contributed by atoms with Crippen molar-refractivity contribution in [2.75, 3.05) is 27.2 Å². The first-order valence-corrected chi connectivity index (χ1v) is 5.96. The van der Waals surface area contributed by atoms with E-state index in [4.69, 9.17) is 0 Å². The minimum Gasteiger partial charge on any atom is -0.349 e. The van der Waals surface area contributed by atoms with Crippen LogP contribution in [0.2, 0.25) is 0 Å². The second-order valence-electron chi connectivity index (χ2n) is 4.53. The molecule has 0 radical (unpaired) electrons. The van der Waals surface area contributed by atoms with E-state index in [2.05, 4.69) is 10.3 Å². The minimum absolute atomic E-state index is 0.0759. The van der Waals surface area contributed by atoms with Gasteiger partial charge in [0.1, 0.15) is 11.3 Å². The lowest BCUT2D eigenvalue weighted by Crippen LogP contribution is -2.32. The van der Waals surface area contributed by atoms with Crippen molar-refractivity contribution in [1.82, 2.24) is 19.6 Å². The van der Waals surface area contributed by atoms with Crippen LogP contribution in [-0.4, -0.2) is 47.4 Å². The molecule has 0 saturated carbocycles. The molecule has 2 rings (SSSR count). The molecule has 5 nitrogen and oxygen atoms in total. The normalized spacial score (nSPS) is 11.1. The summed E-state index contributed by atoms with van der Waals surface area (Å²) in [6, 6.07) is 5.70. The van der Waals surface area contributed by atoms with Gasteiger partial charge in [-0.1, -0.05) is 6.07 Å². The van der Waals surface area contributed by atoms with Gasteiger partial charge in [-0.25, -0.2) is 4.98 Å². The molecule has 0 saturated heterocycles. The molecule has 2 aromatic heterocycles. The van der Waals surface area contributed by atoms with E-state index >= 15 is 0 Å². The summed E-state index contributed by atoms with van der Waals surface area (Å²) < 4.78 is 1.82. The molecule has 18 heavy (non-hydrogen) atoms. The van der Waals surface area contributed by atoms with E-state index < -0.39 is 0 Å². The van der Waals surface area contributed by atoms with Crippen molar-refractivity contribution in [3.05, 3.63) is 35.8 Å². The van der Waals surface area contributed by atoms with Gasteiger partial charge in [0.05, 0.1) is 5.69 Å². The van der Waals surface area contributed by atoms with Gasteiger partial charge in [-0.3, -0.25) is 9.20 Å². The third-order valence-corrected chi connectivity index (χ3v) is 2.76. The molecule has 0 bridgehead atoms. The van der Waals surface area contributed by atoms with Crippen LogP contribution in [0.3, 0.4) is 0 Å². The number of nitrogens with one attached hydrogen (secondary N) is 1. The topological polar surface area (TPSA) is 49.6 Å². The van der Waals surface area contributed by atoms with Gasteiger partial charge in [0.25, 0.3) is 5.91 Å². The van der Waals surface area contributed by atoms with E-state index in [-0.39, 0.29) is 5.91 Å². The summed E-state index contributed by atoms with van der Waals surface area (Å²) in [5.74, 6) is -0.0759. The van der Waals surface area contributed by atoms with Crippen molar-refractivity contribution < 1.29 is 4.79 Å². The molecule has 0 aromatic carbocycles. The zero-order chi connectivity index (χ0) is 13.1. The standard InChI is InChI=1S/C13H18N4O/c1-10-12(13(18)14-7-9-16(2)3)17-8-5-4-6-11(17)15-10/h4-6,8H,7,9H2,1-3H3,(H,14,18). The highest BCUT2D eigenvalue weighted by Crippen LogP contribution is 2.11. The van der Waals surface area contributed by atoms with Crippen LogP contribution in [0.15, 0.2) is 24.4 Å². The summed E-state index contributed by atoms with van der Waals surface area (Å²) in [6.45, 7) is 3.31. The Bertz CT molecular complexity index is 559. The summed E-state index contributed by atoms with van der Waals surface area (Å²) in [7, 11) is 3.96. The van der Waals surface area contributed by atoms with E-state index in [1.807, 2.05) is 54.7 Å². The van der Waals surface area contributed by atoms with Crippen molar-refractivity contribution in [2.45, 2.75) is 6.92 Å². The van der Waals surface area contributed by atoms with Gasteiger partial charge in [0.2, 0.25) is 0 Å². The number of rotatable bonds is 4. The van der Waals surface area contributed by atoms with Gasteiger partial charge in [0.15, 0.2) is 0 Å². The average molecular weight is 246 g/mol. The number of imidazole rings is 1. The Balaban J connectivity index is 2.19. The summed E-state index contributed by atoms with van der Waals surface area (Å²) in [4.78, 5) is 18.5. The smallest absolute Gasteiger partial charge is 0.270 e. The number of aryl methyl sites for hydroxylation is 1. The molecule has 0 aliphatic rings. The zero-order valence-corrected chi connectivity index (χ0v) is 11.0. The fraction of sp³-hybridized carbons (Fsp3) is 0.385.